The van der Waals surface area contributed by atoms with E-state index in [9.17, 15) is 4.79 Å². The highest BCUT2D eigenvalue weighted by molar-refractivity contribution is 6.30. The molecule has 0 fully saturated rings. The van der Waals surface area contributed by atoms with Gasteiger partial charge in [-0.05, 0) is 30.2 Å². The summed E-state index contributed by atoms with van der Waals surface area (Å²) in [5.74, 6) is 0.738. The van der Waals surface area contributed by atoms with Crippen LogP contribution in [0.15, 0.2) is 53.3 Å². The lowest BCUT2D eigenvalue weighted by atomic mass is 10.1. The van der Waals surface area contributed by atoms with E-state index in [0.29, 0.717) is 30.3 Å². The Morgan fingerprint density at radius 3 is 2.69 bits per heavy atom. The van der Waals surface area contributed by atoms with Crippen molar-refractivity contribution in [1.82, 2.24) is 14.5 Å². The first kappa shape index (κ1) is 19.4. The lowest BCUT2D eigenvalue weighted by molar-refractivity contribution is 0.240. The van der Waals surface area contributed by atoms with Crippen molar-refractivity contribution in [2.24, 2.45) is 0 Å². The first-order valence-corrected chi connectivity index (χ1v) is 9.93. The lowest BCUT2D eigenvalue weighted by Gasteiger charge is -2.28. The SMILES string of the molecule is [C-]#[N+]c1cccc(CN2CCc3nc(C)n(Cc4ccc(Cl)cc4)c(=O)c3C2)c1. The van der Waals surface area contributed by atoms with Gasteiger partial charge in [0.25, 0.3) is 5.56 Å². The minimum absolute atomic E-state index is 0.0297. The van der Waals surface area contributed by atoms with Crippen LogP contribution in [0.2, 0.25) is 5.02 Å². The predicted octanol–water partition coefficient (Wildman–Crippen LogP) is 4.36. The summed E-state index contributed by atoms with van der Waals surface area (Å²) in [5, 5.41) is 0.680. The molecule has 2 heterocycles. The molecule has 0 N–H and O–H groups in total. The molecule has 29 heavy (non-hydrogen) atoms. The van der Waals surface area contributed by atoms with Crippen molar-refractivity contribution >= 4 is 17.3 Å². The van der Waals surface area contributed by atoms with Crippen LogP contribution in [0.25, 0.3) is 4.85 Å². The standard InChI is InChI=1S/C23H21ClN4O/c1-16-26-22-10-11-27(13-18-4-3-5-20(12-18)25-2)15-21(22)23(29)28(16)14-17-6-8-19(24)9-7-17/h3-9,12H,10-11,13-15H2,1H3. The minimum Gasteiger partial charge on any atom is -0.294 e. The molecule has 4 rings (SSSR count). The van der Waals surface area contributed by atoms with Gasteiger partial charge in [-0.1, -0.05) is 48.0 Å². The van der Waals surface area contributed by atoms with E-state index in [-0.39, 0.29) is 5.56 Å². The van der Waals surface area contributed by atoms with Gasteiger partial charge in [0.1, 0.15) is 5.82 Å². The molecule has 0 saturated carbocycles. The summed E-state index contributed by atoms with van der Waals surface area (Å²) in [5.41, 5.74) is 4.46. The Hall–Kier alpha value is -2.94. The molecule has 3 aromatic rings. The Balaban J connectivity index is 1.59. The number of rotatable bonds is 4. The van der Waals surface area contributed by atoms with Gasteiger partial charge < -0.3 is 0 Å². The van der Waals surface area contributed by atoms with Gasteiger partial charge in [0.05, 0.1) is 24.4 Å². The molecule has 0 spiro atoms. The fraction of sp³-hybridized carbons (Fsp3) is 0.261. The summed E-state index contributed by atoms with van der Waals surface area (Å²) in [7, 11) is 0. The van der Waals surface area contributed by atoms with Crippen molar-refractivity contribution in [3.05, 3.63) is 104 Å². The molecule has 0 bridgehead atoms. The number of nitrogens with zero attached hydrogens (tertiary/aromatic N) is 4. The molecule has 1 aromatic heterocycles. The van der Waals surface area contributed by atoms with E-state index in [0.717, 1.165) is 41.2 Å². The molecule has 146 valence electrons. The Morgan fingerprint density at radius 2 is 1.93 bits per heavy atom. The third kappa shape index (κ3) is 4.24. The maximum Gasteiger partial charge on any atom is 0.258 e. The van der Waals surface area contributed by atoms with Crippen LogP contribution in [-0.4, -0.2) is 21.0 Å². The number of hydrogen-bond donors (Lipinski definition) is 0. The Bertz CT molecular complexity index is 1150. The van der Waals surface area contributed by atoms with Crippen LogP contribution < -0.4 is 5.56 Å². The number of halogens is 1. The third-order valence-corrected chi connectivity index (χ3v) is 5.54. The number of hydrogen-bond acceptors (Lipinski definition) is 3. The highest BCUT2D eigenvalue weighted by Crippen LogP contribution is 2.20. The molecular weight excluding hydrogens is 384 g/mol. The average Bonchev–Trinajstić information content (AvgIpc) is 2.73. The molecule has 1 aliphatic rings. The van der Waals surface area contributed by atoms with Gasteiger partial charge in [0, 0.05) is 31.1 Å². The molecule has 0 unspecified atom stereocenters. The largest absolute Gasteiger partial charge is 0.294 e. The van der Waals surface area contributed by atoms with Crippen molar-refractivity contribution in [3.63, 3.8) is 0 Å². The zero-order valence-electron chi connectivity index (χ0n) is 16.2. The monoisotopic (exact) mass is 404 g/mol. The number of aromatic nitrogens is 2. The maximum atomic E-state index is 13.2. The summed E-state index contributed by atoms with van der Waals surface area (Å²) in [4.78, 5) is 23.7. The summed E-state index contributed by atoms with van der Waals surface area (Å²) in [6, 6.07) is 15.2. The van der Waals surface area contributed by atoms with Crippen molar-refractivity contribution in [2.75, 3.05) is 6.54 Å². The zero-order valence-corrected chi connectivity index (χ0v) is 17.0. The van der Waals surface area contributed by atoms with Gasteiger partial charge >= 0.3 is 0 Å². The lowest BCUT2D eigenvalue weighted by Crippen LogP contribution is -2.38. The van der Waals surface area contributed by atoms with E-state index < -0.39 is 0 Å². The molecule has 0 aliphatic carbocycles. The predicted molar refractivity (Wildman–Crippen MR) is 114 cm³/mol. The van der Waals surface area contributed by atoms with Crippen LogP contribution in [0, 0.1) is 13.5 Å². The molecule has 0 radical (unpaired) electrons. The second-order valence-electron chi connectivity index (χ2n) is 7.34. The van der Waals surface area contributed by atoms with E-state index in [1.807, 2.05) is 55.5 Å². The summed E-state index contributed by atoms with van der Waals surface area (Å²) in [6.07, 6.45) is 0.760. The molecule has 6 heteroatoms. The quantitative estimate of drug-likeness (QED) is 0.606. The summed E-state index contributed by atoms with van der Waals surface area (Å²) in [6.45, 7) is 11.7. The zero-order chi connectivity index (χ0) is 20.4. The van der Waals surface area contributed by atoms with E-state index >= 15 is 0 Å². The van der Waals surface area contributed by atoms with E-state index in [4.69, 9.17) is 23.2 Å². The highest BCUT2D eigenvalue weighted by Gasteiger charge is 2.22. The minimum atomic E-state index is 0.0297. The second-order valence-corrected chi connectivity index (χ2v) is 7.78. The summed E-state index contributed by atoms with van der Waals surface area (Å²) < 4.78 is 1.74. The summed E-state index contributed by atoms with van der Waals surface area (Å²) >= 11 is 5.97. The van der Waals surface area contributed by atoms with Crippen molar-refractivity contribution in [2.45, 2.75) is 33.0 Å². The molecule has 0 saturated heterocycles. The fourth-order valence-corrected chi connectivity index (χ4v) is 3.89. The van der Waals surface area contributed by atoms with Crippen LogP contribution in [0.3, 0.4) is 0 Å². The average molecular weight is 405 g/mol. The van der Waals surface area contributed by atoms with Crippen molar-refractivity contribution in [3.8, 4) is 0 Å². The molecule has 2 aromatic carbocycles. The molecule has 0 amide bonds. The van der Waals surface area contributed by atoms with Crippen molar-refractivity contribution in [1.29, 1.82) is 0 Å². The van der Waals surface area contributed by atoms with Crippen LogP contribution in [0.1, 0.15) is 28.2 Å². The molecular formula is C23H21ClN4O. The maximum absolute atomic E-state index is 13.2. The first-order chi connectivity index (χ1) is 14.0. The van der Waals surface area contributed by atoms with Gasteiger partial charge in [0.2, 0.25) is 0 Å². The smallest absolute Gasteiger partial charge is 0.258 e. The second kappa shape index (κ2) is 8.20. The number of benzene rings is 2. The third-order valence-electron chi connectivity index (χ3n) is 5.29. The number of aryl methyl sites for hydroxylation is 1. The van der Waals surface area contributed by atoms with Gasteiger partial charge in [0.15, 0.2) is 5.69 Å². The van der Waals surface area contributed by atoms with Crippen LogP contribution >= 0.6 is 11.6 Å². The Labute approximate surface area is 175 Å². The van der Waals surface area contributed by atoms with Gasteiger partial charge in [-0.15, -0.1) is 0 Å². The van der Waals surface area contributed by atoms with E-state index in [1.54, 1.807) is 4.57 Å². The van der Waals surface area contributed by atoms with Gasteiger partial charge in [-0.2, -0.15) is 0 Å². The fourth-order valence-electron chi connectivity index (χ4n) is 3.76. The molecule has 5 nitrogen and oxygen atoms in total. The topological polar surface area (TPSA) is 42.5 Å². The highest BCUT2D eigenvalue weighted by atomic mass is 35.5. The van der Waals surface area contributed by atoms with Crippen molar-refractivity contribution < 1.29 is 0 Å². The number of fused-ring (bicyclic) bond motifs is 1. The van der Waals surface area contributed by atoms with E-state index in [2.05, 4.69) is 9.74 Å². The van der Waals surface area contributed by atoms with E-state index in [1.165, 1.54) is 0 Å². The Kier molecular flexibility index (Phi) is 5.48. The van der Waals surface area contributed by atoms with Gasteiger partial charge in [-0.3, -0.25) is 14.3 Å². The van der Waals surface area contributed by atoms with Crippen LogP contribution in [-0.2, 0) is 26.1 Å². The first-order valence-electron chi connectivity index (χ1n) is 9.56. The van der Waals surface area contributed by atoms with Crippen LogP contribution in [0.4, 0.5) is 5.69 Å². The molecule has 0 atom stereocenters. The van der Waals surface area contributed by atoms with Crippen LogP contribution in [0.5, 0.6) is 0 Å². The molecule has 1 aliphatic heterocycles. The normalized spacial score (nSPS) is 13.7. The Morgan fingerprint density at radius 1 is 1.14 bits per heavy atom. The van der Waals surface area contributed by atoms with Gasteiger partial charge in [-0.25, -0.2) is 9.83 Å².